The Morgan fingerprint density at radius 3 is 2.42 bits per heavy atom. The number of hydrogen-bond acceptors (Lipinski definition) is 5. The second kappa shape index (κ2) is 9.43. The van der Waals surface area contributed by atoms with Crippen molar-refractivity contribution in [2.45, 2.75) is 39.0 Å². The molecule has 3 rings (SSSR count). The molecule has 0 unspecified atom stereocenters. The van der Waals surface area contributed by atoms with Crippen molar-refractivity contribution < 1.29 is 13.2 Å². The molecule has 0 spiro atoms. The summed E-state index contributed by atoms with van der Waals surface area (Å²) in [6, 6.07) is 16.8. The molecule has 0 fully saturated rings. The highest BCUT2D eigenvalue weighted by molar-refractivity contribution is 7.92. The molecule has 0 atom stereocenters. The zero-order valence-corrected chi connectivity index (χ0v) is 18.9. The van der Waals surface area contributed by atoms with Crippen LogP contribution in [0.15, 0.2) is 60.8 Å². The van der Waals surface area contributed by atoms with Crippen LogP contribution in [0.2, 0.25) is 0 Å². The van der Waals surface area contributed by atoms with Crippen LogP contribution in [0, 0.1) is 0 Å². The van der Waals surface area contributed by atoms with Crippen molar-refractivity contribution in [2.24, 2.45) is 0 Å². The zero-order valence-electron chi connectivity index (χ0n) is 18.1. The molecule has 1 aromatic carbocycles. The number of anilines is 1. The molecule has 0 saturated heterocycles. The third kappa shape index (κ3) is 6.49. The van der Waals surface area contributed by atoms with Gasteiger partial charge in [-0.1, -0.05) is 57.2 Å². The second-order valence-corrected chi connectivity index (χ2v) is 10.7. The van der Waals surface area contributed by atoms with Crippen molar-refractivity contribution >= 4 is 21.6 Å². The van der Waals surface area contributed by atoms with Crippen LogP contribution in [0.3, 0.4) is 0 Å². The lowest BCUT2D eigenvalue weighted by Crippen LogP contribution is -2.26. The van der Waals surface area contributed by atoms with Crippen LogP contribution in [0.1, 0.15) is 38.4 Å². The molecule has 164 valence electrons. The van der Waals surface area contributed by atoms with Gasteiger partial charge in [0, 0.05) is 17.7 Å². The molecule has 0 aliphatic rings. The number of aromatic nitrogens is 3. The largest absolute Gasteiger partial charge is 0.310 e. The van der Waals surface area contributed by atoms with Gasteiger partial charge in [-0.05, 0) is 30.5 Å². The number of aryl methyl sites for hydroxylation is 1. The first-order chi connectivity index (χ1) is 14.6. The number of carbonyl (C=O) groups excluding carboxylic acids is 1. The van der Waals surface area contributed by atoms with Crippen molar-refractivity contribution in [1.29, 1.82) is 0 Å². The van der Waals surface area contributed by atoms with E-state index in [0.717, 1.165) is 11.3 Å². The summed E-state index contributed by atoms with van der Waals surface area (Å²) in [4.78, 5) is 16.8. The Bertz CT molecular complexity index is 1120. The summed E-state index contributed by atoms with van der Waals surface area (Å²) in [5, 5.41) is 7.28. The number of rotatable bonds is 8. The predicted octanol–water partition coefficient (Wildman–Crippen LogP) is 3.55. The van der Waals surface area contributed by atoms with Gasteiger partial charge in [-0.15, -0.1) is 0 Å². The highest BCUT2D eigenvalue weighted by Gasteiger charge is 2.23. The summed E-state index contributed by atoms with van der Waals surface area (Å²) < 4.78 is 26.4. The molecule has 0 radical (unpaired) electrons. The fraction of sp³-hybridized carbons (Fsp3) is 0.348. The second-order valence-electron chi connectivity index (χ2n) is 8.49. The standard InChI is InChI=1S/C23H28N4O3S/c1-23(2,3)19-16-21(27(26-19)20-13-7-8-14-24-20)25-22(28)17-31(29,30)15-9-12-18-10-5-4-6-11-18/h4-8,10-11,13-14,16H,9,12,15,17H2,1-3H3,(H,25,28). The lowest BCUT2D eigenvalue weighted by Gasteiger charge is -2.13. The van der Waals surface area contributed by atoms with Crippen LogP contribution in [0.5, 0.6) is 0 Å². The molecule has 7 nitrogen and oxygen atoms in total. The van der Waals surface area contributed by atoms with E-state index in [0.29, 0.717) is 24.5 Å². The SMILES string of the molecule is CC(C)(C)c1cc(NC(=O)CS(=O)(=O)CCCc2ccccc2)n(-c2ccccn2)n1. The van der Waals surface area contributed by atoms with Gasteiger partial charge in [0.05, 0.1) is 11.4 Å². The Balaban J connectivity index is 1.68. The monoisotopic (exact) mass is 440 g/mol. The van der Waals surface area contributed by atoms with Crippen LogP contribution >= 0.6 is 0 Å². The topological polar surface area (TPSA) is 94.0 Å². The van der Waals surface area contributed by atoms with Gasteiger partial charge in [-0.25, -0.2) is 13.4 Å². The molecular weight excluding hydrogens is 412 g/mol. The number of hydrogen-bond donors (Lipinski definition) is 1. The summed E-state index contributed by atoms with van der Waals surface area (Å²) >= 11 is 0. The maximum atomic E-state index is 12.6. The van der Waals surface area contributed by atoms with Gasteiger partial charge >= 0.3 is 0 Å². The minimum atomic E-state index is -3.53. The lowest BCUT2D eigenvalue weighted by molar-refractivity contribution is -0.113. The Labute approximate surface area is 183 Å². The average molecular weight is 441 g/mol. The zero-order chi connectivity index (χ0) is 22.5. The Morgan fingerprint density at radius 2 is 1.77 bits per heavy atom. The minimum absolute atomic E-state index is 0.0396. The fourth-order valence-electron chi connectivity index (χ4n) is 3.08. The molecule has 8 heteroatoms. The van der Waals surface area contributed by atoms with E-state index in [4.69, 9.17) is 0 Å². The normalized spacial score (nSPS) is 12.0. The number of amides is 1. The van der Waals surface area contributed by atoms with Crippen molar-refractivity contribution in [1.82, 2.24) is 14.8 Å². The van der Waals surface area contributed by atoms with E-state index in [-0.39, 0.29) is 11.2 Å². The molecule has 2 heterocycles. The van der Waals surface area contributed by atoms with E-state index in [1.165, 1.54) is 4.68 Å². The van der Waals surface area contributed by atoms with Gasteiger partial charge in [0.25, 0.3) is 0 Å². The molecule has 3 aromatic rings. The number of nitrogens with zero attached hydrogens (tertiary/aromatic N) is 3. The van der Waals surface area contributed by atoms with Gasteiger partial charge in [-0.3, -0.25) is 4.79 Å². The van der Waals surface area contributed by atoms with E-state index >= 15 is 0 Å². The molecule has 0 aliphatic heterocycles. The van der Waals surface area contributed by atoms with Gasteiger partial charge in [0.1, 0.15) is 11.6 Å². The first-order valence-electron chi connectivity index (χ1n) is 10.2. The molecule has 0 saturated carbocycles. The highest BCUT2D eigenvalue weighted by Crippen LogP contribution is 2.25. The molecule has 0 bridgehead atoms. The van der Waals surface area contributed by atoms with Crippen LogP contribution in [-0.4, -0.2) is 40.6 Å². The third-order valence-electron chi connectivity index (χ3n) is 4.73. The molecule has 31 heavy (non-hydrogen) atoms. The van der Waals surface area contributed by atoms with E-state index < -0.39 is 21.5 Å². The highest BCUT2D eigenvalue weighted by atomic mass is 32.2. The number of benzene rings is 1. The van der Waals surface area contributed by atoms with Gasteiger partial charge < -0.3 is 5.32 Å². The Hall–Kier alpha value is -3.00. The summed E-state index contributed by atoms with van der Waals surface area (Å²) in [5.74, 6) is -0.258. The van der Waals surface area contributed by atoms with E-state index in [1.807, 2.05) is 57.2 Å². The van der Waals surface area contributed by atoms with E-state index in [2.05, 4.69) is 15.4 Å². The summed E-state index contributed by atoms with van der Waals surface area (Å²) in [6.07, 6.45) is 2.76. The predicted molar refractivity (Wildman–Crippen MR) is 122 cm³/mol. The third-order valence-corrected chi connectivity index (χ3v) is 6.34. The fourth-order valence-corrected chi connectivity index (χ4v) is 4.28. The Kier molecular flexibility index (Phi) is 6.90. The van der Waals surface area contributed by atoms with Gasteiger partial charge in [-0.2, -0.15) is 9.78 Å². The van der Waals surface area contributed by atoms with Crippen molar-refractivity contribution in [3.63, 3.8) is 0 Å². The first-order valence-corrected chi connectivity index (χ1v) is 12.0. The van der Waals surface area contributed by atoms with Crippen molar-refractivity contribution in [2.75, 3.05) is 16.8 Å². The van der Waals surface area contributed by atoms with Gasteiger partial charge in [0.15, 0.2) is 15.7 Å². The number of nitrogens with one attached hydrogen (secondary N) is 1. The van der Waals surface area contributed by atoms with Crippen molar-refractivity contribution in [3.05, 3.63) is 72.1 Å². The molecule has 2 aromatic heterocycles. The maximum absolute atomic E-state index is 12.6. The quantitative estimate of drug-likeness (QED) is 0.578. The van der Waals surface area contributed by atoms with Crippen LogP contribution in [0.25, 0.3) is 5.82 Å². The summed E-state index contributed by atoms with van der Waals surface area (Å²) in [5.41, 5.74) is 1.60. The van der Waals surface area contributed by atoms with Gasteiger partial charge in [0.2, 0.25) is 5.91 Å². The maximum Gasteiger partial charge on any atom is 0.240 e. The Morgan fingerprint density at radius 1 is 1.06 bits per heavy atom. The van der Waals surface area contributed by atoms with E-state index in [1.54, 1.807) is 24.4 Å². The molecule has 1 amide bonds. The van der Waals surface area contributed by atoms with Crippen LogP contribution in [0.4, 0.5) is 5.82 Å². The first kappa shape index (κ1) is 22.7. The minimum Gasteiger partial charge on any atom is -0.310 e. The average Bonchev–Trinajstić information content (AvgIpc) is 3.13. The molecule has 0 aliphatic carbocycles. The number of sulfone groups is 1. The lowest BCUT2D eigenvalue weighted by atomic mass is 9.92. The number of carbonyl (C=O) groups is 1. The molecular formula is C23H28N4O3S. The number of pyridine rings is 1. The van der Waals surface area contributed by atoms with Crippen molar-refractivity contribution in [3.8, 4) is 5.82 Å². The summed E-state index contributed by atoms with van der Waals surface area (Å²) in [7, 11) is -3.53. The molecule has 1 N–H and O–H groups in total. The van der Waals surface area contributed by atoms with Crippen LogP contribution < -0.4 is 5.32 Å². The van der Waals surface area contributed by atoms with E-state index in [9.17, 15) is 13.2 Å². The van der Waals surface area contributed by atoms with Crippen LogP contribution in [-0.2, 0) is 26.5 Å². The summed E-state index contributed by atoms with van der Waals surface area (Å²) in [6.45, 7) is 6.04. The smallest absolute Gasteiger partial charge is 0.240 e.